The van der Waals surface area contributed by atoms with E-state index in [0.29, 0.717) is 0 Å². The Kier molecular flexibility index (Phi) is 4.26. The van der Waals surface area contributed by atoms with E-state index in [4.69, 9.17) is 14.7 Å². The van der Waals surface area contributed by atoms with Crippen LogP contribution in [0.5, 0.6) is 5.75 Å². The number of ether oxygens (including phenoxy) is 1. The van der Waals surface area contributed by atoms with E-state index in [-0.39, 0.29) is 0 Å². The fourth-order valence-corrected chi connectivity index (χ4v) is 3.39. The molecule has 25 heavy (non-hydrogen) atoms. The molecule has 1 aliphatic heterocycles. The normalized spacial score (nSPS) is 15.5. The van der Waals surface area contributed by atoms with E-state index in [9.17, 15) is 0 Å². The standard InChI is InChI=1S/C21H23N3O/c1-15-11-13-24(14-12-15)21-18-5-3-4-6-19(18)22-20(23-21)16-7-9-17(25-2)10-8-16/h3-10,15H,11-14H2,1-2H3. The van der Waals surface area contributed by atoms with Gasteiger partial charge in [0.15, 0.2) is 5.82 Å². The Labute approximate surface area is 148 Å². The Balaban J connectivity index is 1.80. The van der Waals surface area contributed by atoms with E-state index in [1.807, 2.05) is 30.3 Å². The van der Waals surface area contributed by atoms with Crippen molar-refractivity contribution in [2.24, 2.45) is 5.92 Å². The van der Waals surface area contributed by atoms with Crippen LogP contribution in [0.15, 0.2) is 48.5 Å². The summed E-state index contributed by atoms with van der Waals surface area (Å²) >= 11 is 0. The first-order valence-electron chi connectivity index (χ1n) is 8.91. The summed E-state index contributed by atoms with van der Waals surface area (Å²) < 4.78 is 5.26. The van der Waals surface area contributed by atoms with Crippen LogP contribution in [0.2, 0.25) is 0 Å². The molecule has 0 N–H and O–H groups in total. The van der Waals surface area contributed by atoms with Crippen LogP contribution in [0.1, 0.15) is 19.8 Å². The van der Waals surface area contributed by atoms with E-state index in [2.05, 4.69) is 30.0 Å². The fraction of sp³-hybridized carbons (Fsp3) is 0.333. The first-order valence-corrected chi connectivity index (χ1v) is 8.91. The molecule has 2 heterocycles. The summed E-state index contributed by atoms with van der Waals surface area (Å²) in [6, 6.07) is 16.2. The van der Waals surface area contributed by atoms with Crippen molar-refractivity contribution in [1.82, 2.24) is 9.97 Å². The molecule has 0 amide bonds. The van der Waals surface area contributed by atoms with Crippen LogP contribution in [-0.2, 0) is 0 Å². The van der Waals surface area contributed by atoms with Gasteiger partial charge in [0, 0.05) is 24.0 Å². The highest BCUT2D eigenvalue weighted by Crippen LogP contribution is 2.30. The summed E-state index contributed by atoms with van der Waals surface area (Å²) in [7, 11) is 1.68. The van der Waals surface area contributed by atoms with Crippen molar-refractivity contribution >= 4 is 16.7 Å². The van der Waals surface area contributed by atoms with Crippen LogP contribution in [0.4, 0.5) is 5.82 Å². The zero-order chi connectivity index (χ0) is 17.2. The average molecular weight is 333 g/mol. The summed E-state index contributed by atoms with van der Waals surface area (Å²) in [5.41, 5.74) is 2.01. The molecule has 0 saturated carbocycles. The molecule has 4 heteroatoms. The van der Waals surface area contributed by atoms with Crippen LogP contribution < -0.4 is 9.64 Å². The van der Waals surface area contributed by atoms with Gasteiger partial charge in [-0.2, -0.15) is 0 Å². The number of para-hydroxylation sites is 1. The van der Waals surface area contributed by atoms with Crippen molar-refractivity contribution in [3.05, 3.63) is 48.5 Å². The number of methoxy groups -OCH3 is 1. The molecule has 0 spiro atoms. The minimum atomic E-state index is 0.773. The predicted octanol–water partition coefficient (Wildman–Crippen LogP) is 4.54. The lowest BCUT2D eigenvalue weighted by Crippen LogP contribution is -2.33. The molecule has 1 saturated heterocycles. The number of aromatic nitrogens is 2. The number of anilines is 1. The summed E-state index contributed by atoms with van der Waals surface area (Å²) in [6.45, 7) is 4.45. The van der Waals surface area contributed by atoms with Gasteiger partial charge >= 0.3 is 0 Å². The van der Waals surface area contributed by atoms with Gasteiger partial charge in [-0.1, -0.05) is 19.1 Å². The van der Waals surface area contributed by atoms with Crippen molar-refractivity contribution in [3.8, 4) is 17.1 Å². The smallest absolute Gasteiger partial charge is 0.162 e. The van der Waals surface area contributed by atoms with Crippen LogP contribution in [0.3, 0.4) is 0 Å². The third-order valence-corrected chi connectivity index (χ3v) is 5.01. The van der Waals surface area contributed by atoms with Gasteiger partial charge < -0.3 is 9.64 Å². The second kappa shape index (κ2) is 6.71. The monoisotopic (exact) mass is 333 g/mol. The highest BCUT2D eigenvalue weighted by molar-refractivity contribution is 5.91. The summed E-state index contributed by atoms with van der Waals surface area (Å²) in [5, 5.41) is 1.13. The van der Waals surface area contributed by atoms with E-state index in [1.54, 1.807) is 7.11 Å². The Hall–Kier alpha value is -2.62. The summed E-state index contributed by atoms with van der Waals surface area (Å²) in [6.07, 6.45) is 2.44. The molecule has 1 fully saturated rings. The second-order valence-corrected chi connectivity index (χ2v) is 6.79. The third-order valence-electron chi connectivity index (χ3n) is 5.01. The van der Waals surface area contributed by atoms with Crippen LogP contribution >= 0.6 is 0 Å². The van der Waals surface area contributed by atoms with Crippen molar-refractivity contribution in [2.75, 3.05) is 25.1 Å². The van der Waals surface area contributed by atoms with Crippen molar-refractivity contribution in [3.63, 3.8) is 0 Å². The maximum absolute atomic E-state index is 5.26. The zero-order valence-electron chi connectivity index (χ0n) is 14.8. The summed E-state index contributed by atoms with van der Waals surface area (Å²) in [5.74, 6) is 3.47. The molecule has 4 rings (SSSR count). The maximum Gasteiger partial charge on any atom is 0.162 e. The minimum Gasteiger partial charge on any atom is -0.497 e. The Morgan fingerprint density at radius 3 is 2.40 bits per heavy atom. The fourth-order valence-electron chi connectivity index (χ4n) is 3.39. The molecule has 0 aliphatic carbocycles. The largest absolute Gasteiger partial charge is 0.497 e. The molecule has 2 aromatic carbocycles. The number of rotatable bonds is 3. The van der Waals surface area contributed by atoms with Gasteiger partial charge in [0.2, 0.25) is 0 Å². The number of fused-ring (bicyclic) bond motifs is 1. The molecule has 0 atom stereocenters. The number of hydrogen-bond donors (Lipinski definition) is 0. The first-order chi connectivity index (χ1) is 12.2. The lowest BCUT2D eigenvalue weighted by atomic mass is 9.99. The van der Waals surface area contributed by atoms with Crippen molar-refractivity contribution in [2.45, 2.75) is 19.8 Å². The Bertz CT molecular complexity index is 868. The van der Waals surface area contributed by atoms with Gasteiger partial charge in [0.1, 0.15) is 11.6 Å². The summed E-state index contributed by atoms with van der Waals surface area (Å²) in [4.78, 5) is 12.2. The van der Waals surface area contributed by atoms with E-state index in [1.165, 1.54) is 12.8 Å². The van der Waals surface area contributed by atoms with Crippen LogP contribution in [-0.4, -0.2) is 30.2 Å². The van der Waals surface area contributed by atoms with Gasteiger partial charge in [-0.15, -0.1) is 0 Å². The van der Waals surface area contributed by atoms with E-state index < -0.39 is 0 Å². The molecule has 0 bridgehead atoms. The lowest BCUT2D eigenvalue weighted by Gasteiger charge is -2.32. The minimum absolute atomic E-state index is 0.773. The highest BCUT2D eigenvalue weighted by atomic mass is 16.5. The van der Waals surface area contributed by atoms with Crippen LogP contribution in [0, 0.1) is 5.92 Å². The molecular weight excluding hydrogens is 310 g/mol. The Morgan fingerprint density at radius 2 is 1.68 bits per heavy atom. The Morgan fingerprint density at radius 1 is 0.960 bits per heavy atom. The number of benzene rings is 2. The molecule has 4 nitrogen and oxygen atoms in total. The molecular formula is C21H23N3O. The SMILES string of the molecule is COc1ccc(-c2nc(N3CCC(C)CC3)c3ccccc3n2)cc1. The van der Waals surface area contributed by atoms with E-state index >= 15 is 0 Å². The topological polar surface area (TPSA) is 38.2 Å². The molecule has 0 unspecified atom stereocenters. The predicted molar refractivity (Wildman–Crippen MR) is 102 cm³/mol. The molecule has 3 aromatic rings. The molecule has 0 radical (unpaired) electrons. The van der Waals surface area contributed by atoms with Crippen LogP contribution in [0.25, 0.3) is 22.3 Å². The van der Waals surface area contributed by atoms with Gasteiger partial charge in [-0.05, 0) is 55.2 Å². The number of piperidine rings is 1. The van der Waals surface area contributed by atoms with Gasteiger partial charge in [-0.25, -0.2) is 9.97 Å². The average Bonchev–Trinajstić information content (AvgIpc) is 2.68. The lowest BCUT2D eigenvalue weighted by molar-refractivity contribution is 0.415. The first kappa shape index (κ1) is 15.9. The van der Waals surface area contributed by atoms with Gasteiger partial charge in [0.25, 0.3) is 0 Å². The molecule has 1 aliphatic rings. The number of nitrogens with zero attached hydrogens (tertiary/aromatic N) is 3. The van der Waals surface area contributed by atoms with Gasteiger partial charge in [0.05, 0.1) is 12.6 Å². The third kappa shape index (κ3) is 3.16. The second-order valence-electron chi connectivity index (χ2n) is 6.79. The van der Waals surface area contributed by atoms with Crippen molar-refractivity contribution in [1.29, 1.82) is 0 Å². The maximum atomic E-state index is 5.26. The molecule has 1 aromatic heterocycles. The van der Waals surface area contributed by atoms with Gasteiger partial charge in [-0.3, -0.25) is 0 Å². The quantitative estimate of drug-likeness (QED) is 0.705. The van der Waals surface area contributed by atoms with Crippen molar-refractivity contribution < 1.29 is 4.74 Å². The number of hydrogen-bond acceptors (Lipinski definition) is 4. The highest BCUT2D eigenvalue weighted by Gasteiger charge is 2.20. The van der Waals surface area contributed by atoms with E-state index in [0.717, 1.165) is 52.9 Å². The molecule has 128 valence electrons. The zero-order valence-corrected chi connectivity index (χ0v) is 14.8.